The molecule has 0 aliphatic heterocycles. The van der Waals surface area contributed by atoms with E-state index in [-0.39, 0.29) is 17.2 Å². The fourth-order valence-corrected chi connectivity index (χ4v) is 90.0. The van der Waals surface area contributed by atoms with E-state index in [4.69, 9.17) is 13.5 Å². The Bertz CT molecular complexity index is 1900. The van der Waals surface area contributed by atoms with E-state index in [0.29, 0.717) is 12.1 Å². The average molecular weight is 2080 g/mol. The molecular formula is C30H17BBr18F6O5P2. The van der Waals surface area contributed by atoms with Crippen molar-refractivity contribution in [1.82, 2.24) is 0 Å². The van der Waals surface area contributed by atoms with Gasteiger partial charge in [0, 0.05) is 0 Å². The van der Waals surface area contributed by atoms with Crippen molar-refractivity contribution >= 4 is 319 Å². The zero-order chi connectivity index (χ0) is 48.2. The molecule has 0 N–H and O–H groups in total. The summed E-state index contributed by atoms with van der Waals surface area (Å²) in [5.74, 6) is -2.31. The van der Waals surface area contributed by atoms with E-state index in [9.17, 15) is 35.9 Å². The van der Waals surface area contributed by atoms with E-state index in [0.717, 1.165) is 0 Å². The van der Waals surface area contributed by atoms with Crippen molar-refractivity contribution < 1.29 is 49.5 Å². The number of carbonyl (C=O) groups is 2. The first-order valence-electron chi connectivity index (χ1n) is 15.5. The molecule has 0 spiro atoms. The number of halogens is 24. The molecule has 32 heteroatoms. The predicted octanol–water partition coefficient (Wildman–Crippen LogP) is 21.6. The van der Waals surface area contributed by atoms with Gasteiger partial charge in [-0.15, -0.1) is 0 Å². The van der Waals surface area contributed by atoms with E-state index in [1.165, 1.54) is 24.3 Å². The molecule has 0 atom stereocenters. The summed E-state index contributed by atoms with van der Waals surface area (Å²) in [5.41, 5.74) is -3.20. The summed E-state index contributed by atoms with van der Waals surface area (Å²) in [5, 5.41) is 0. The molecule has 3 aromatic rings. The molecule has 0 aliphatic carbocycles. The number of hydrogen-bond acceptors (Lipinski definition) is 5. The van der Waals surface area contributed by atoms with Crippen LogP contribution in [-0.4, -0.2) is 42.5 Å². The normalized spacial score (nSPS) is 15.5. The van der Waals surface area contributed by atoms with Crippen molar-refractivity contribution in [1.29, 1.82) is 0 Å². The number of rotatable bonds is 12. The van der Waals surface area contributed by atoms with Crippen molar-refractivity contribution in [2.45, 2.75) is 23.7 Å². The average Bonchev–Trinajstić information content (AvgIpc) is 3.07. The van der Waals surface area contributed by atoms with Crippen LogP contribution in [0.1, 0.15) is 31.8 Å². The molecule has 0 aliphatic rings. The minimum atomic E-state index is -5.47. The molecule has 0 fully saturated rings. The summed E-state index contributed by atoms with van der Waals surface area (Å²) >= 11 is 64.8. The molecule has 0 saturated carbocycles. The molecule has 348 valence electrons. The van der Waals surface area contributed by atoms with Crippen LogP contribution in [0.2, 0.25) is 0 Å². The summed E-state index contributed by atoms with van der Waals surface area (Å²) in [6, 6.07) is 16.3. The van der Waals surface area contributed by atoms with Gasteiger partial charge in [0.15, 0.2) is 0 Å². The van der Waals surface area contributed by atoms with Gasteiger partial charge in [0.25, 0.3) is 0 Å². The molecule has 0 unspecified atom stereocenters. The first-order chi connectivity index (χ1) is 27.5. The molecule has 0 heterocycles. The monoisotopic (exact) mass is 2060 g/mol. The molecule has 3 aromatic carbocycles. The van der Waals surface area contributed by atoms with Crippen LogP contribution in [0.4, 0.5) is 26.3 Å². The van der Waals surface area contributed by atoms with Gasteiger partial charge < -0.3 is 0 Å². The van der Waals surface area contributed by atoms with Crippen LogP contribution in [0, 0.1) is 0 Å². The molecule has 62 heavy (non-hydrogen) atoms. The van der Waals surface area contributed by atoms with Gasteiger partial charge in [0.1, 0.15) is 0 Å². The Morgan fingerprint density at radius 2 is 0.710 bits per heavy atom. The topological polar surface area (TPSA) is 61.8 Å². The number of benzene rings is 3. The number of ketones is 2. The van der Waals surface area contributed by atoms with Crippen LogP contribution in [0.15, 0.2) is 78.9 Å². The Labute approximate surface area is 503 Å². The predicted molar refractivity (Wildman–Crippen MR) is 307 cm³/mol. The van der Waals surface area contributed by atoms with Gasteiger partial charge in [-0.1, -0.05) is 0 Å². The second-order valence-corrected chi connectivity index (χ2v) is 74.0. The van der Waals surface area contributed by atoms with Gasteiger partial charge in [0.05, 0.1) is 0 Å². The van der Waals surface area contributed by atoms with Gasteiger partial charge in [-0.3, -0.25) is 0 Å². The third-order valence-corrected chi connectivity index (χ3v) is 58.7. The maximum atomic E-state index is 14.7. The quantitative estimate of drug-likeness (QED) is 0.0595. The number of carbonyl (C=O) groups excluding carboxylic acids is 2. The number of alkyl halides is 24. The first-order valence-corrected chi connectivity index (χ1v) is 34.4. The van der Waals surface area contributed by atoms with Crippen molar-refractivity contribution in [3.8, 4) is 5.75 Å². The molecule has 0 aromatic heterocycles. The Morgan fingerprint density at radius 1 is 0.452 bits per heavy atom. The fraction of sp³-hybridized carbons (Fsp3) is 0.333. The van der Waals surface area contributed by atoms with Gasteiger partial charge >= 0.3 is 512 Å². The van der Waals surface area contributed by atoms with E-state index in [1.54, 1.807) is 36.4 Å². The first kappa shape index (κ1) is 62.2. The van der Waals surface area contributed by atoms with Crippen LogP contribution in [0.5, 0.6) is 5.75 Å². The Hall–Kier alpha value is 5.86. The summed E-state index contributed by atoms with van der Waals surface area (Å²) in [6.07, 6.45) is -12.1. The third-order valence-electron chi connectivity index (χ3n) is 8.73. The van der Waals surface area contributed by atoms with Crippen LogP contribution in [-0.2, 0) is 21.2 Å². The molecule has 0 saturated heterocycles. The van der Waals surface area contributed by atoms with Crippen LogP contribution in [0.3, 0.4) is 0 Å². The minimum absolute atomic E-state index is 0.0937. The fourth-order valence-electron chi connectivity index (χ4n) is 5.36. The number of hydrogen-bond donors (Lipinski definition) is 0. The van der Waals surface area contributed by atoms with Crippen LogP contribution >= 0.6 is 300 Å². The summed E-state index contributed by atoms with van der Waals surface area (Å²) in [6.45, 7) is -10.9. The zero-order valence-electron chi connectivity index (χ0n) is 29.0. The third kappa shape index (κ3) is 11.7. The molecule has 3 rings (SSSR count). The van der Waals surface area contributed by atoms with E-state index in [1.807, 2.05) is 0 Å². The van der Waals surface area contributed by atoms with E-state index < -0.39 is 85.4 Å². The Kier molecular flexibility index (Phi) is 21.7. The van der Waals surface area contributed by atoms with Crippen LogP contribution in [0.25, 0.3) is 0 Å². The Morgan fingerprint density at radius 3 is 0.935 bits per heavy atom. The zero-order valence-corrected chi connectivity index (χ0v) is 59.3. The Balaban J connectivity index is 2.76. The van der Waals surface area contributed by atoms with Gasteiger partial charge in [0.2, 0.25) is 0 Å². The molecule has 5 nitrogen and oxygen atoms in total. The van der Waals surface area contributed by atoms with Crippen LogP contribution < -0.4 is 4.65 Å². The number of Topliss-reactive ketones (excluding diaryl/α,β-unsaturated/α-hetero) is 2. The molecule has 0 bridgehead atoms. The van der Waals surface area contributed by atoms with E-state index in [2.05, 4.69) is 287 Å². The molecular weight excluding hydrogens is 2070 g/mol. The summed E-state index contributed by atoms with van der Waals surface area (Å²) in [4.78, 5) is 29.4. The maximum absolute atomic E-state index is 14.7. The van der Waals surface area contributed by atoms with Gasteiger partial charge in [-0.2, -0.15) is 0 Å². The van der Waals surface area contributed by atoms with Gasteiger partial charge in [-0.25, -0.2) is 0 Å². The molecule has 0 radical (unpaired) electrons. The second kappa shape index (κ2) is 21.6. The molecule has 0 amide bonds. The standard InChI is InChI=1S/C30H17BBr18F6O5P2/c32-25(33,34)61(26(35,36)37,27(38,39)40,14-21(56)16-7-3-1-4-8-16)59-31(58-20-12-18(23(50,51)52)11-19(13-20)24(53,54)55)60-62(28(41,42)43,29(44,45)46,30(47,48)49)15-22(57)17-9-5-2-6-10-17/h1-13H,14-15H2. The second-order valence-electron chi connectivity index (χ2n) is 12.5. The summed E-state index contributed by atoms with van der Waals surface area (Å²) < 4.78 is 95.9. The summed E-state index contributed by atoms with van der Waals surface area (Å²) in [7, 11) is -2.60. The van der Waals surface area contributed by atoms with Crippen molar-refractivity contribution in [2.75, 3.05) is 12.3 Å². The van der Waals surface area contributed by atoms with E-state index >= 15 is 0 Å². The van der Waals surface area contributed by atoms with Crippen molar-refractivity contribution in [3.63, 3.8) is 0 Å². The van der Waals surface area contributed by atoms with Crippen molar-refractivity contribution in [2.24, 2.45) is 0 Å². The SMILES string of the molecule is O=C(CP(OB(Oc1cc(C(F)(F)F)cc(C(F)(F)F)c1)OP(CC(=O)c1ccccc1)(C(Br)(Br)Br)(C(Br)(Br)Br)C(Br)(Br)Br)(C(Br)(Br)Br)(C(Br)(Br)Br)C(Br)(Br)Br)c1ccccc1. The van der Waals surface area contributed by atoms with Gasteiger partial charge in [-0.05, 0) is 0 Å². The van der Waals surface area contributed by atoms with Crippen molar-refractivity contribution in [3.05, 3.63) is 101 Å².